The highest BCUT2D eigenvalue weighted by Gasteiger charge is 2.30. The van der Waals surface area contributed by atoms with Crippen LogP contribution in [0.5, 0.6) is 11.5 Å². The van der Waals surface area contributed by atoms with Crippen molar-refractivity contribution in [2.75, 3.05) is 31.0 Å². The van der Waals surface area contributed by atoms with Crippen LogP contribution in [-0.2, 0) is 9.59 Å². The molecule has 170 valence electrons. The van der Waals surface area contributed by atoms with E-state index in [0.29, 0.717) is 17.2 Å². The minimum Gasteiger partial charge on any atom is -0.493 e. The van der Waals surface area contributed by atoms with E-state index < -0.39 is 0 Å². The minimum atomic E-state index is -0.238. The first-order valence-electron chi connectivity index (χ1n) is 10.6. The number of nitrogens with zero attached hydrogens (tertiary/aromatic N) is 1. The van der Waals surface area contributed by atoms with Crippen molar-refractivity contribution in [2.45, 2.75) is 23.5 Å². The number of carbonyl (C=O) groups excluding carboxylic acids is 2. The van der Waals surface area contributed by atoms with Crippen molar-refractivity contribution in [1.82, 2.24) is 0 Å². The zero-order valence-corrected chi connectivity index (χ0v) is 19.6. The first kappa shape index (κ1) is 22.7. The SMILES string of the molecule is COc1ccc([C@H]2CC(=O)N(CC(=O)Nc3cccc(C)c3)c3ccccc3S2)cc1OC. The Kier molecular flexibility index (Phi) is 6.89. The fourth-order valence-corrected chi connectivity index (χ4v) is 5.13. The van der Waals surface area contributed by atoms with E-state index in [2.05, 4.69) is 5.32 Å². The molecule has 33 heavy (non-hydrogen) atoms. The van der Waals surface area contributed by atoms with Crippen molar-refractivity contribution in [3.63, 3.8) is 0 Å². The molecule has 1 aliphatic rings. The summed E-state index contributed by atoms with van der Waals surface area (Å²) in [4.78, 5) is 28.7. The third kappa shape index (κ3) is 5.14. The van der Waals surface area contributed by atoms with Crippen LogP contribution in [0.15, 0.2) is 71.6 Å². The molecule has 4 rings (SSSR count). The highest BCUT2D eigenvalue weighted by molar-refractivity contribution is 7.99. The van der Waals surface area contributed by atoms with Crippen LogP contribution in [0.2, 0.25) is 0 Å². The van der Waals surface area contributed by atoms with Crippen molar-refractivity contribution in [2.24, 2.45) is 0 Å². The molecule has 6 nitrogen and oxygen atoms in total. The molecule has 0 unspecified atom stereocenters. The zero-order valence-electron chi connectivity index (χ0n) is 18.8. The van der Waals surface area contributed by atoms with Gasteiger partial charge in [0.2, 0.25) is 11.8 Å². The number of thioether (sulfide) groups is 1. The van der Waals surface area contributed by atoms with E-state index in [9.17, 15) is 9.59 Å². The van der Waals surface area contributed by atoms with Gasteiger partial charge in [0.1, 0.15) is 6.54 Å². The molecule has 0 fully saturated rings. The van der Waals surface area contributed by atoms with Gasteiger partial charge in [0.15, 0.2) is 11.5 Å². The second kappa shape index (κ2) is 10.0. The van der Waals surface area contributed by atoms with E-state index in [1.54, 1.807) is 30.9 Å². The Labute approximate surface area is 197 Å². The van der Waals surface area contributed by atoms with Gasteiger partial charge in [-0.1, -0.05) is 30.3 Å². The molecule has 3 aromatic carbocycles. The highest BCUT2D eigenvalue weighted by atomic mass is 32.2. The number of fused-ring (bicyclic) bond motifs is 1. The van der Waals surface area contributed by atoms with Crippen LogP contribution in [0.1, 0.15) is 22.8 Å². The van der Waals surface area contributed by atoms with Crippen LogP contribution in [0, 0.1) is 6.92 Å². The minimum absolute atomic E-state index is 0.0526. The van der Waals surface area contributed by atoms with Crippen LogP contribution >= 0.6 is 11.8 Å². The number of carbonyl (C=O) groups is 2. The molecule has 0 bridgehead atoms. The lowest BCUT2D eigenvalue weighted by molar-refractivity contribution is -0.121. The molecule has 2 amide bonds. The summed E-state index contributed by atoms with van der Waals surface area (Å²) in [7, 11) is 3.19. The Morgan fingerprint density at radius 2 is 1.82 bits per heavy atom. The lowest BCUT2D eigenvalue weighted by Crippen LogP contribution is -2.38. The molecule has 7 heteroatoms. The number of aryl methyl sites for hydroxylation is 1. The van der Waals surface area contributed by atoms with Crippen molar-refractivity contribution < 1.29 is 19.1 Å². The van der Waals surface area contributed by atoms with Gasteiger partial charge in [0.05, 0.1) is 19.9 Å². The van der Waals surface area contributed by atoms with Crippen LogP contribution in [-0.4, -0.2) is 32.6 Å². The van der Waals surface area contributed by atoms with Crippen molar-refractivity contribution in [3.8, 4) is 11.5 Å². The molecule has 1 heterocycles. The largest absolute Gasteiger partial charge is 0.493 e. The van der Waals surface area contributed by atoms with E-state index in [4.69, 9.17) is 9.47 Å². The van der Waals surface area contributed by atoms with Crippen molar-refractivity contribution >= 4 is 35.0 Å². The normalized spacial score (nSPS) is 15.4. The van der Waals surface area contributed by atoms with E-state index in [0.717, 1.165) is 21.7 Å². The fourth-order valence-electron chi connectivity index (χ4n) is 3.86. The Bertz CT molecular complexity index is 1180. The molecule has 1 aliphatic heterocycles. The number of anilines is 2. The summed E-state index contributed by atoms with van der Waals surface area (Å²) in [5.41, 5.74) is 3.48. The van der Waals surface area contributed by atoms with Gasteiger partial charge >= 0.3 is 0 Å². The Morgan fingerprint density at radius 3 is 2.58 bits per heavy atom. The summed E-state index contributed by atoms with van der Waals surface area (Å²) in [6.45, 7) is 1.92. The second-order valence-electron chi connectivity index (χ2n) is 7.79. The number of hydrogen-bond acceptors (Lipinski definition) is 5. The standard InChI is InChI=1S/C26H26N2O4S/c1-17-7-6-8-19(13-17)27-25(29)16-28-20-9-4-5-10-23(20)33-24(15-26(28)30)18-11-12-21(31-2)22(14-18)32-3/h4-14,24H,15-16H2,1-3H3,(H,27,29)/t24-/m1/s1. The van der Waals surface area contributed by atoms with E-state index in [-0.39, 0.29) is 30.0 Å². The van der Waals surface area contributed by atoms with Crippen molar-refractivity contribution in [1.29, 1.82) is 0 Å². The highest BCUT2D eigenvalue weighted by Crippen LogP contribution is 2.46. The molecular formula is C26H26N2O4S. The van der Waals surface area contributed by atoms with Gasteiger partial charge in [-0.3, -0.25) is 9.59 Å². The summed E-state index contributed by atoms with van der Waals surface area (Å²) in [5.74, 6) is 0.918. The first-order valence-corrected chi connectivity index (χ1v) is 11.5. The predicted octanol–water partition coefficient (Wildman–Crippen LogP) is 5.22. The number of amides is 2. The molecule has 1 atom stereocenters. The molecule has 0 saturated carbocycles. The summed E-state index contributed by atoms with van der Waals surface area (Å²) in [6, 6.07) is 21.0. The summed E-state index contributed by atoms with van der Waals surface area (Å²) in [5, 5.41) is 2.78. The van der Waals surface area contributed by atoms with E-state index >= 15 is 0 Å². The van der Waals surface area contributed by atoms with Crippen LogP contribution in [0.3, 0.4) is 0 Å². The lowest BCUT2D eigenvalue weighted by Gasteiger charge is -2.22. The number of benzene rings is 3. The summed E-state index contributed by atoms with van der Waals surface area (Å²) < 4.78 is 10.8. The monoisotopic (exact) mass is 462 g/mol. The number of methoxy groups -OCH3 is 2. The number of hydrogen-bond donors (Lipinski definition) is 1. The molecular weight excluding hydrogens is 436 g/mol. The number of ether oxygens (including phenoxy) is 2. The molecule has 3 aromatic rings. The molecule has 0 aromatic heterocycles. The van der Waals surface area contributed by atoms with Gasteiger partial charge in [0.25, 0.3) is 0 Å². The maximum Gasteiger partial charge on any atom is 0.244 e. The Hall–Kier alpha value is -3.45. The summed E-state index contributed by atoms with van der Waals surface area (Å²) >= 11 is 1.61. The van der Waals surface area contributed by atoms with Crippen LogP contribution < -0.4 is 19.7 Å². The molecule has 1 N–H and O–H groups in total. The molecule has 0 radical (unpaired) electrons. The molecule has 0 spiro atoms. The Morgan fingerprint density at radius 1 is 1.03 bits per heavy atom. The number of nitrogens with one attached hydrogen (secondary N) is 1. The van der Waals surface area contributed by atoms with Gasteiger partial charge in [-0.05, 0) is 54.4 Å². The number of rotatable bonds is 6. The molecule has 0 saturated heterocycles. The lowest BCUT2D eigenvalue weighted by atomic mass is 10.1. The Balaban J connectivity index is 1.60. The smallest absolute Gasteiger partial charge is 0.244 e. The van der Waals surface area contributed by atoms with Gasteiger partial charge in [-0.25, -0.2) is 0 Å². The van der Waals surface area contributed by atoms with Crippen LogP contribution in [0.4, 0.5) is 11.4 Å². The predicted molar refractivity (Wildman–Crippen MR) is 131 cm³/mol. The topological polar surface area (TPSA) is 67.9 Å². The average molecular weight is 463 g/mol. The van der Waals surface area contributed by atoms with Gasteiger partial charge in [-0.15, -0.1) is 11.8 Å². The number of para-hydroxylation sites is 1. The average Bonchev–Trinajstić information content (AvgIpc) is 2.95. The van der Waals surface area contributed by atoms with Gasteiger partial charge in [-0.2, -0.15) is 0 Å². The summed E-state index contributed by atoms with van der Waals surface area (Å²) in [6.07, 6.45) is 0.257. The quantitative estimate of drug-likeness (QED) is 0.544. The second-order valence-corrected chi connectivity index (χ2v) is 9.03. The maximum absolute atomic E-state index is 13.4. The van der Waals surface area contributed by atoms with Crippen molar-refractivity contribution in [3.05, 3.63) is 77.9 Å². The van der Waals surface area contributed by atoms with Gasteiger partial charge in [0, 0.05) is 22.3 Å². The third-order valence-corrected chi connectivity index (χ3v) is 6.79. The fraction of sp³-hybridized carbons (Fsp3) is 0.231. The van der Waals surface area contributed by atoms with Crippen LogP contribution in [0.25, 0.3) is 0 Å². The third-order valence-electron chi connectivity index (χ3n) is 5.47. The first-order chi connectivity index (χ1) is 16.0. The van der Waals surface area contributed by atoms with E-state index in [1.807, 2.05) is 73.7 Å². The van der Waals surface area contributed by atoms with E-state index in [1.165, 1.54) is 0 Å². The zero-order chi connectivity index (χ0) is 23.4. The maximum atomic E-state index is 13.4. The van der Waals surface area contributed by atoms with Gasteiger partial charge < -0.3 is 19.7 Å². The molecule has 0 aliphatic carbocycles.